The van der Waals surface area contributed by atoms with Gasteiger partial charge in [0, 0.05) is 23.5 Å². The smallest absolute Gasteiger partial charge is 0.261 e. The van der Waals surface area contributed by atoms with E-state index in [1.807, 2.05) is 101 Å². The molecular formula is C30H35BrN2O3. The number of nitrogens with zero attached hydrogens (tertiary/aromatic N) is 1. The van der Waals surface area contributed by atoms with Gasteiger partial charge in [0.1, 0.15) is 11.8 Å². The summed E-state index contributed by atoms with van der Waals surface area (Å²) in [5.74, 6) is 0.210. The predicted molar refractivity (Wildman–Crippen MR) is 148 cm³/mol. The average molecular weight is 552 g/mol. The third-order valence-electron chi connectivity index (χ3n) is 5.95. The van der Waals surface area contributed by atoms with Crippen molar-refractivity contribution in [3.05, 3.63) is 99.0 Å². The summed E-state index contributed by atoms with van der Waals surface area (Å²) in [5.41, 5.74) is 5.15. The van der Waals surface area contributed by atoms with E-state index >= 15 is 0 Å². The van der Waals surface area contributed by atoms with E-state index in [0.717, 1.165) is 32.3 Å². The molecule has 0 aliphatic carbocycles. The lowest BCUT2D eigenvalue weighted by molar-refractivity contribution is -0.143. The summed E-state index contributed by atoms with van der Waals surface area (Å²) in [5, 5.41) is 3.01. The van der Waals surface area contributed by atoms with Crippen LogP contribution in [0.3, 0.4) is 0 Å². The predicted octanol–water partition coefficient (Wildman–Crippen LogP) is 5.92. The molecule has 0 bridgehead atoms. The van der Waals surface area contributed by atoms with Gasteiger partial charge in [-0.3, -0.25) is 9.59 Å². The maximum absolute atomic E-state index is 13.7. The highest BCUT2D eigenvalue weighted by Gasteiger charge is 2.31. The number of ether oxygens (including phenoxy) is 1. The summed E-state index contributed by atoms with van der Waals surface area (Å²) in [6.45, 7) is 9.99. The van der Waals surface area contributed by atoms with Gasteiger partial charge in [-0.2, -0.15) is 0 Å². The van der Waals surface area contributed by atoms with Gasteiger partial charge in [-0.15, -0.1) is 0 Å². The number of hydrogen-bond donors (Lipinski definition) is 1. The first-order chi connectivity index (χ1) is 17.1. The molecule has 190 valence electrons. The summed E-state index contributed by atoms with van der Waals surface area (Å²) >= 11 is 3.57. The molecular weight excluding hydrogens is 516 g/mol. The fourth-order valence-electron chi connectivity index (χ4n) is 4.04. The largest absolute Gasteiger partial charge is 0.484 e. The lowest BCUT2D eigenvalue weighted by Crippen LogP contribution is -2.52. The number of amides is 2. The molecule has 3 aromatic carbocycles. The molecule has 0 fully saturated rings. The summed E-state index contributed by atoms with van der Waals surface area (Å²) in [6, 6.07) is 20.9. The van der Waals surface area contributed by atoms with Crippen LogP contribution in [0.5, 0.6) is 5.75 Å². The molecule has 0 saturated carbocycles. The summed E-state index contributed by atoms with van der Waals surface area (Å²) in [7, 11) is 0. The van der Waals surface area contributed by atoms with Crippen LogP contribution in [0.1, 0.15) is 41.7 Å². The second kappa shape index (κ2) is 12.7. The molecule has 5 nitrogen and oxygen atoms in total. The molecule has 0 heterocycles. The highest BCUT2D eigenvalue weighted by molar-refractivity contribution is 9.10. The monoisotopic (exact) mass is 550 g/mol. The van der Waals surface area contributed by atoms with Gasteiger partial charge in [-0.25, -0.2) is 0 Å². The Morgan fingerprint density at radius 2 is 1.53 bits per heavy atom. The quantitative estimate of drug-likeness (QED) is 0.341. The molecule has 0 radical (unpaired) electrons. The van der Waals surface area contributed by atoms with Crippen LogP contribution in [-0.2, 0) is 22.6 Å². The number of carbonyl (C=O) groups excluding carboxylic acids is 2. The average Bonchev–Trinajstić information content (AvgIpc) is 2.84. The zero-order chi connectivity index (χ0) is 26.2. The van der Waals surface area contributed by atoms with Crippen molar-refractivity contribution in [1.82, 2.24) is 10.2 Å². The number of aryl methyl sites for hydroxylation is 3. The SMILES string of the molecule is Cc1ccc(CN(C(=O)COc2cc(C)c(Br)c(C)c2)[C@@H](Cc2ccccc2)C(=O)NC(C)C)cc1. The highest BCUT2D eigenvalue weighted by atomic mass is 79.9. The Labute approximate surface area is 223 Å². The van der Waals surface area contributed by atoms with Crippen LogP contribution in [0.2, 0.25) is 0 Å². The molecule has 0 aromatic heterocycles. The lowest BCUT2D eigenvalue weighted by Gasteiger charge is -2.32. The molecule has 0 saturated heterocycles. The van der Waals surface area contributed by atoms with Crippen molar-refractivity contribution in [3.63, 3.8) is 0 Å². The van der Waals surface area contributed by atoms with Crippen molar-refractivity contribution in [2.75, 3.05) is 6.61 Å². The Hall–Kier alpha value is -3.12. The number of carbonyl (C=O) groups is 2. The minimum Gasteiger partial charge on any atom is -0.484 e. The number of halogens is 1. The van der Waals surface area contributed by atoms with Gasteiger partial charge in [-0.05, 0) is 69.0 Å². The van der Waals surface area contributed by atoms with Crippen molar-refractivity contribution >= 4 is 27.7 Å². The molecule has 0 aliphatic heterocycles. The van der Waals surface area contributed by atoms with E-state index in [1.165, 1.54) is 0 Å². The van der Waals surface area contributed by atoms with Gasteiger partial charge in [0.25, 0.3) is 5.91 Å². The van der Waals surface area contributed by atoms with Crippen LogP contribution in [0.15, 0.2) is 71.2 Å². The van der Waals surface area contributed by atoms with E-state index in [2.05, 4.69) is 21.2 Å². The van der Waals surface area contributed by atoms with Gasteiger partial charge in [0.05, 0.1) is 0 Å². The lowest BCUT2D eigenvalue weighted by atomic mass is 10.0. The second-order valence-corrected chi connectivity index (χ2v) is 10.3. The maximum Gasteiger partial charge on any atom is 0.261 e. The first-order valence-electron chi connectivity index (χ1n) is 12.2. The number of benzene rings is 3. The third-order valence-corrected chi connectivity index (χ3v) is 7.20. The van der Waals surface area contributed by atoms with Crippen LogP contribution >= 0.6 is 15.9 Å². The van der Waals surface area contributed by atoms with E-state index in [1.54, 1.807) is 4.90 Å². The van der Waals surface area contributed by atoms with E-state index in [9.17, 15) is 9.59 Å². The first kappa shape index (κ1) is 27.5. The van der Waals surface area contributed by atoms with Crippen LogP contribution in [0.4, 0.5) is 0 Å². The van der Waals surface area contributed by atoms with Gasteiger partial charge in [-0.1, -0.05) is 76.1 Å². The Morgan fingerprint density at radius 3 is 2.11 bits per heavy atom. The van der Waals surface area contributed by atoms with Gasteiger partial charge >= 0.3 is 0 Å². The summed E-state index contributed by atoms with van der Waals surface area (Å²) < 4.78 is 6.96. The Bertz CT molecular complexity index is 1150. The van der Waals surface area contributed by atoms with Crippen molar-refractivity contribution < 1.29 is 14.3 Å². The van der Waals surface area contributed by atoms with Crippen LogP contribution < -0.4 is 10.1 Å². The zero-order valence-corrected chi connectivity index (χ0v) is 23.3. The summed E-state index contributed by atoms with van der Waals surface area (Å²) in [6.07, 6.45) is 0.410. The molecule has 0 unspecified atom stereocenters. The fourth-order valence-corrected chi connectivity index (χ4v) is 4.27. The number of nitrogens with one attached hydrogen (secondary N) is 1. The Kier molecular flexibility index (Phi) is 9.71. The maximum atomic E-state index is 13.7. The number of rotatable bonds is 10. The molecule has 1 N–H and O–H groups in total. The van der Waals surface area contributed by atoms with E-state index in [-0.39, 0.29) is 24.5 Å². The topological polar surface area (TPSA) is 58.6 Å². The van der Waals surface area contributed by atoms with Crippen molar-refractivity contribution in [2.45, 2.75) is 59.7 Å². The third kappa shape index (κ3) is 7.69. The van der Waals surface area contributed by atoms with Crippen molar-refractivity contribution in [1.29, 1.82) is 0 Å². The minimum absolute atomic E-state index is 0.0444. The zero-order valence-electron chi connectivity index (χ0n) is 21.7. The first-order valence-corrected chi connectivity index (χ1v) is 13.0. The molecule has 2 amide bonds. The van der Waals surface area contributed by atoms with E-state index < -0.39 is 6.04 Å². The molecule has 6 heteroatoms. The van der Waals surface area contributed by atoms with Crippen molar-refractivity contribution in [3.8, 4) is 5.75 Å². The number of hydrogen-bond acceptors (Lipinski definition) is 3. The van der Waals surface area contributed by atoms with E-state index in [0.29, 0.717) is 18.7 Å². The van der Waals surface area contributed by atoms with Gasteiger partial charge in [0.15, 0.2) is 6.61 Å². The van der Waals surface area contributed by atoms with Crippen LogP contribution in [0.25, 0.3) is 0 Å². The second-order valence-electron chi connectivity index (χ2n) is 9.54. The fraction of sp³-hybridized carbons (Fsp3) is 0.333. The molecule has 36 heavy (non-hydrogen) atoms. The Morgan fingerprint density at radius 1 is 0.917 bits per heavy atom. The highest BCUT2D eigenvalue weighted by Crippen LogP contribution is 2.26. The standard InChI is InChI=1S/C30H35BrN2O3/c1-20(2)32-30(35)27(17-24-9-7-6-8-10-24)33(18-25-13-11-21(3)12-14-25)28(34)19-36-26-15-22(4)29(31)23(5)16-26/h6-16,20,27H,17-19H2,1-5H3,(H,32,35)/t27-/m0/s1. The minimum atomic E-state index is -0.680. The molecule has 3 rings (SSSR count). The van der Waals surface area contributed by atoms with Gasteiger partial charge in [0.2, 0.25) is 5.91 Å². The molecule has 3 aromatic rings. The molecule has 0 aliphatic rings. The van der Waals surface area contributed by atoms with Crippen LogP contribution in [-0.4, -0.2) is 35.4 Å². The van der Waals surface area contributed by atoms with Crippen molar-refractivity contribution in [2.24, 2.45) is 0 Å². The van der Waals surface area contributed by atoms with E-state index in [4.69, 9.17) is 4.74 Å². The van der Waals surface area contributed by atoms with Crippen LogP contribution in [0, 0.1) is 20.8 Å². The Balaban J connectivity index is 1.91. The molecule has 0 spiro atoms. The van der Waals surface area contributed by atoms with Gasteiger partial charge < -0.3 is 15.0 Å². The molecule has 1 atom stereocenters. The summed E-state index contributed by atoms with van der Waals surface area (Å²) in [4.78, 5) is 28.7. The normalized spacial score (nSPS) is 11.8.